The van der Waals surface area contributed by atoms with Gasteiger partial charge in [0.2, 0.25) is 0 Å². The number of carbonyl (C=O) groups excluding carboxylic acids is 2. The number of thioether (sulfide) groups is 2. The number of nitrogens with zero attached hydrogens (tertiary/aromatic N) is 1. The van der Waals surface area contributed by atoms with Crippen LogP contribution in [0.5, 0.6) is 0 Å². The lowest BCUT2D eigenvalue weighted by Crippen LogP contribution is -2.13. The maximum absolute atomic E-state index is 12.7. The van der Waals surface area contributed by atoms with Gasteiger partial charge in [-0.25, -0.2) is 14.6 Å². The highest BCUT2D eigenvalue weighted by Gasteiger charge is 2.23. The molecule has 0 amide bonds. The van der Waals surface area contributed by atoms with Crippen molar-refractivity contribution < 1.29 is 19.1 Å². The van der Waals surface area contributed by atoms with Gasteiger partial charge in [-0.05, 0) is 31.6 Å². The van der Waals surface area contributed by atoms with Crippen LogP contribution in [0, 0.1) is 0 Å². The summed E-state index contributed by atoms with van der Waals surface area (Å²) in [5.41, 5.74) is 0.884. The van der Waals surface area contributed by atoms with Crippen LogP contribution in [0.1, 0.15) is 22.8 Å². The van der Waals surface area contributed by atoms with Gasteiger partial charge < -0.3 is 9.47 Å². The summed E-state index contributed by atoms with van der Waals surface area (Å²) in [6.07, 6.45) is 3.71. The highest BCUT2D eigenvalue weighted by molar-refractivity contribution is 8.38. The average molecular weight is 416 g/mol. The van der Waals surface area contributed by atoms with Crippen LogP contribution in [0.15, 0.2) is 71.4 Å². The molecule has 0 aromatic heterocycles. The van der Waals surface area contributed by atoms with E-state index in [-0.39, 0.29) is 18.1 Å². The number of carbonyl (C=O) groups is 2. The molecule has 0 aliphatic rings. The Hall–Kier alpha value is -2.51. The molecule has 0 unspecified atom stereocenters. The van der Waals surface area contributed by atoms with Crippen LogP contribution in [0.3, 0.4) is 0 Å². The Morgan fingerprint density at radius 2 is 1.43 bits per heavy atom. The van der Waals surface area contributed by atoms with Gasteiger partial charge in [0.1, 0.15) is 4.38 Å². The lowest BCUT2D eigenvalue weighted by molar-refractivity contribution is -0.138. The molecule has 2 aromatic carbocycles. The van der Waals surface area contributed by atoms with Crippen LogP contribution in [-0.2, 0) is 14.3 Å². The summed E-state index contributed by atoms with van der Waals surface area (Å²) in [6.45, 7) is 1.89. The average Bonchev–Trinajstić information content (AvgIpc) is 2.74. The lowest BCUT2D eigenvalue weighted by Gasteiger charge is -2.13. The predicted octanol–water partition coefficient (Wildman–Crippen LogP) is 4.86. The third kappa shape index (κ3) is 6.00. The zero-order valence-corrected chi connectivity index (χ0v) is 17.5. The van der Waals surface area contributed by atoms with E-state index in [4.69, 9.17) is 9.47 Å². The monoisotopic (exact) mass is 415 g/mol. The van der Waals surface area contributed by atoms with Crippen LogP contribution in [0.4, 0.5) is 0 Å². The Labute approximate surface area is 173 Å². The van der Waals surface area contributed by atoms with Crippen molar-refractivity contribution in [3.8, 4) is 0 Å². The van der Waals surface area contributed by atoms with E-state index in [0.717, 1.165) is 0 Å². The smallest absolute Gasteiger partial charge is 0.360 e. The summed E-state index contributed by atoms with van der Waals surface area (Å²) in [5.74, 6) is -1.16. The molecule has 2 aromatic rings. The normalized spacial score (nSPS) is 11.2. The molecule has 28 heavy (non-hydrogen) atoms. The molecule has 0 aliphatic carbocycles. The summed E-state index contributed by atoms with van der Waals surface area (Å²) in [4.78, 5) is 29.7. The van der Waals surface area contributed by atoms with Crippen molar-refractivity contribution >= 4 is 45.6 Å². The molecule has 0 spiro atoms. The first-order valence-electron chi connectivity index (χ1n) is 8.51. The minimum atomic E-state index is -0.650. The van der Waals surface area contributed by atoms with Gasteiger partial charge >= 0.3 is 11.9 Å². The van der Waals surface area contributed by atoms with Gasteiger partial charge in [0.25, 0.3) is 0 Å². The van der Waals surface area contributed by atoms with E-state index in [1.54, 1.807) is 55.5 Å². The van der Waals surface area contributed by atoms with Gasteiger partial charge in [0, 0.05) is 5.56 Å². The molecule has 146 valence electrons. The molecule has 0 saturated carbocycles. The van der Waals surface area contributed by atoms with Crippen molar-refractivity contribution in [2.24, 2.45) is 4.99 Å². The first kappa shape index (κ1) is 21.8. The largest absolute Gasteiger partial charge is 0.461 e. The van der Waals surface area contributed by atoms with E-state index in [0.29, 0.717) is 15.5 Å². The molecule has 0 fully saturated rings. The fourth-order valence-electron chi connectivity index (χ4n) is 2.21. The maximum atomic E-state index is 12.7. The molecule has 0 aliphatic heterocycles. The summed E-state index contributed by atoms with van der Waals surface area (Å²) >= 11 is 2.78. The van der Waals surface area contributed by atoms with Crippen molar-refractivity contribution in [2.45, 2.75) is 6.92 Å². The Kier molecular flexibility index (Phi) is 8.84. The number of hydrogen-bond donors (Lipinski definition) is 0. The highest BCUT2D eigenvalue weighted by atomic mass is 32.2. The van der Waals surface area contributed by atoms with E-state index in [9.17, 15) is 9.59 Å². The Morgan fingerprint density at radius 3 is 1.93 bits per heavy atom. The Balaban J connectivity index is 2.61. The first-order valence-corrected chi connectivity index (χ1v) is 11.0. The molecular formula is C21H21NO4S2. The van der Waals surface area contributed by atoms with Crippen LogP contribution in [0.25, 0.3) is 5.76 Å². The molecular weight excluding hydrogens is 394 g/mol. The van der Waals surface area contributed by atoms with Gasteiger partial charge in [0.05, 0.1) is 12.2 Å². The molecule has 5 nitrogen and oxygen atoms in total. The fraction of sp³-hybridized carbons (Fsp3) is 0.190. The fourth-order valence-corrected chi connectivity index (χ4v) is 3.25. The SMILES string of the molecule is CCOC(=O)/C(N=C(SC)SC)=C(/OC(=O)c1ccccc1)c1ccccc1. The molecule has 0 saturated heterocycles. The Morgan fingerprint density at radius 1 is 0.893 bits per heavy atom. The second kappa shape index (κ2) is 11.4. The number of aliphatic imine (C=N–C) groups is 1. The highest BCUT2D eigenvalue weighted by Crippen LogP contribution is 2.26. The number of esters is 2. The van der Waals surface area contributed by atoms with Gasteiger partial charge in [-0.2, -0.15) is 0 Å². The minimum Gasteiger partial charge on any atom is -0.461 e. The Bertz CT molecular complexity index is 858. The lowest BCUT2D eigenvalue weighted by atomic mass is 10.1. The van der Waals surface area contributed by atoms with Gasteiger partial charge in [-0.15, -0.1) is 23.5 Å². The van der Waals surface area contributed by atoms with Crippen LogP contribution >= 0.6 is 23.5 Å². The second-order valence-electron chi connectivity index (χ2n) is 5.31. The van der Waals surface area contributed by atoms with E-state index in [1.807, 2.05) is 24.6 Å². The predicted molar refractivity (Wildman–Crippen MR) is 116 cm³/mol. The molecule has 0 heterocycles. The molecule has 0 atom stereocenters. The molecule has 0 radical (unpaired) electrons. The summed E-state index contributed by atoms with van der Waals surface area (Å²) in [7, 11) is 0. The van der Waals surface area contributed by atoms with E-state index in [1.165, 1.54) is 23.5 Å². The molecule has 0 N–H and O–H groups in total. The van der Waals surface area contributed by atoms with Crippen molar-refractivity contribution in [2.75, 3.05) is 19.1 Å². The summed E-state index contributed by atoms with van der Waals surface area (Å²) in [5, 5.41) is 0. The van der Waals surface area contributed by atoms with Gasteiger partial charge in [0.15, 0.2) is 11.5 Å². The van der Waals surface area contributed by atoms with Crippen molar-refractivity contribution in [1.82, 2.24) is 0 Å². The van der Waals surface area contributed by atoms with E-state index in [2.05, 4.69) is 4.99 Å². The number of rotatable bonds is 6. The molecule has 7 heteroatoms. The number of hydrogen-bond acceptors (Lipinski definition) is 7. The topological polar surface area (TPSA) is 65.0 Å². The second-order valence-corrected chi connectivity index (χ2v) is 7.15. The van der Waals surface area contributed by atoms with Crippen molar-refractivity contribution in [1.29, 1.82) is 0 Å². The molecule has 2 rings (SSSR count). The van der Waals surface area contributed by atoms with Crippen LogP contribution in [0.2, 0.25) is 0 Å². The maximum Gasteiger partial charge on any atom is 0.360 e. The minimum absolute atomic E-state index is 0.0453. The van der Waals surface area contributed by atoms with Crippen molar-refractivity contribution in [3.63, 3.8) is 0 Å². The summed E-state index contributed by atoms with van der Waals surface area (Å²) in [6, 6.07) is 17.5. The zero-order valence-electron chi connectivity index (χ0n) is 15.9. The summed E-state index contributed by atoms with van der Waals surface area (Å²) < 4.78 is 11.5. The van der Waals surface area contributed by atoms with Gasteiger partial charge in [-0.3, -0.25) is 0 Å². The van der Waals surface area contributed by atoms with Gasteiger partial charge in [-0.1, -0.05) is 48.5 Å². The molecule has 0 bridgehead atoms. The zero-order chi connectivity index (χ0) is 20.4. The van der Waals surface area contributed by atoms with Crippen LogP contribution < -0.4 is 0 Å². The standard InChI is InChI=1S/C21H21NO4S2/c1-4-25-20(24)17(22-21(27-2)28-3)18(15-11-7-5-8-12-15)26-19(23)16-13-9-6-10-14-16/h5-14H,4H2,1-3H3/b18-17-. The number of ether oxygens (including phenoxy) is 2. The van der Waals surface area contributed by atoms with E-state index < -0.39 is 11.9 Å². The van der Waals surface area contributed by atoms with Crippen LogP contribution in [-0.4, -0.2) is 35.4 Å². The quantitative estimate of drug-likeness (QED) is 0.221. The van der Waals surface area contributed by atoms with Crippen molar-refractivity contribution in [3.05, 3.63) is 77.5 Å². The van der Waals surface area contributed by atoms with E-state index >= 15 is 0 Å². The first-order chi connectivity index (χ1) is 13.6. The third-order valence-corrected chi connectivity index (χ3v) is 5.36. The third-order valence-electron chi connectivity index (χ3n) is 3.48. The number of benzene rings is 2.